The SMILES string of the molecule is CN=c1scc(-c2ccc3c(c2)OCCO3)n1/N=C\c1ccc2c(c1)OCCO2. The summed E-state index contributed by atoms with van der Waals surface area (Å²) in [7, 11) is 1.76. The van der Waals surface area contributed by atoms with Crippen LogP contribution < -0.4 is 23.7 Å². The fourth-order valence-electron chi connectivity index (χ4n) is 3.23. The first-order valence-corrected chi connectivity index (χ1v) is 10.2. The molecule has 3 heterocycles. The molecule has 2 aromatic carbocycles. The molecular formula is C21H19N3O4S. The molecule has 3 aromatic rings. The van der Waals surface area contributed by atoms with E-state index in [-0.39, 0.29) is 0 Å². The van der Waals surface area contributed by atoms with E-state index in [2.05, 4.69) is 10.1 Å². The topological polar surface area (TPSA) is 66.6 Å². The van der Waals surface area contributed by atoms with E-state index in [0.29, 0.717) is 26.4 Å². The molecule has 29 heavy (non-hydrogen) atoms. The quantitative estimate of drug-likeness (QED) is 0.623. The van der Waals surface area contributed by atoms with Gasteiger partial charge in [0.25, 0.3) is 0 Å². The third-order valence-corrected chi connectivity index (χ3v) is 5.51. The fourth-order valence-corrected chi connectivity index (χ4v) is 4.03. The molecule has 148 valence electrons. The molecule has 0 radical (unpaired) electrons. The molecule has 2 aliphatic heterocycles. The van der Waals surface area contributed by atoms with Gasteiger partial charge in [-0.2, -0.15) is 5.10 Å². The van der Waals surface area contributed by atoms with Crippen molar-refractivity contribution in [2.24, 2.45) is 10.1 Å². The zero-order chi connectivity index (χ0) is 19.6. The van der Waals surface area contributed by atoms with Gasteiger partial charge in [0, 0.05) is 18.0 Å². The highest BCUT2D eigenvalue weighted by molar-refractivity contribution is 7.07. The Balaban J connectivity index is 1.51. The fraction of sp³-hybridized carbons (Fsp3) is 0.238. The van der Waals surface area contributed by atoms with Crippen molar-refractivity contribution in [2.45, 2.75) is 0 Å². The minimum Gasteiger partial charge on any atom is -0.486 e. The largest absolute Gasteiger partial charge is 0.486 e. The zero-order valence-electron chi connectivity index (χ0n) is 15.8. The van der Waals surface area contributed by atoms with Gasteiger partial charge < -0.3 is 18.9 Å². The van der Waals surface area contributed by atoms with Crippen molar-refractivity contribution in [2.75, 3.05) is 33.5 Å². The minimum atomic E-state index is 0.553. The summed E-state index contributed by atoms with van der Waals surface area (Å²) in [6, 6.07) is 11.7. The maximum atomic E-state index is 5.72. The number of thiazole rings is 1. The van der Waals surface area contributed by atoms with Gasteiger partial charge in [0.05, 0.1) is 11.9 Å². The molecule has 0 bridgehead atoms. The average Bonchev–Trinajstić information content (AvgIpc) is 3.20. The Kier molecular flexibility index (Phi) is 4.69. The van der Waals surface area contributed by atoms with Crippen molar-refractivity contribution in [1.29, 1.82) is 0 Å². The van der Waals surface area contributed by atoms with E-state index in [9.17, 15) is 0 Å². The van der Waals surface area contributed by atoms with E-state index in [1.54, 1.807) is 13.3 Å². The Labute approximate surface area is 171 Å². The number of hydrogen-bond donors (Lipinski definition) is 0. The number of ether oxygens (including phenoxy) is 4. The van der Waals surface area contributed by atoms with Gasteiger partial charge >= 0.3 is 0 Å². The van der Waals surface area contributed by atoms with Gasteiger partial charge in [-0.3, -0.25) is 4.99 Å². The van der Waals surface area contributed by atoms with Crippen molar-refractivity contribution >= 4 is 17.6 Å². The van der Waals surface area contributed by atoms with Crippen LogP contribution in [0.25, 0.3) is 11.3 Å². The Morgan fingerprint density at radius 2 is 1.52 bits per heavy atom. The van der Waals surface area contributed by atoms with Crippen LogP contribution in [-0.2, 0) is 0 Å². The summed E-state index contributed by atoms with van der Waals surface area (Å²) in [6.07, 6.45) is 1.79. The van der Waals surface area contributed by atoms with Crippen LogP contribution in [0.1, 0.15) is 5.56 Å². The van der Waals surface area contributed by atoms with Gasteiger partial charge in [-0.05, 0) is 42.0 Å². The number of aromatic nitrogens is 1. The summed E-state index contributed by atoms with van der Waals surface area (Å²) in [4.78, 5) is 5.15. The monoisotopic (exact) mass is 409 g/mol. The molecule has 0 atom stereocenters. The van der Waals surface area contributed by atoms with Crippen molar-refractivity contribution < 1.29 is 18.9 Å². The summed E-state index contributed by atoms with van der Waals surface area (Å²) < 4.78 is 24.4. The standard InChI is InChI=1S/C21H19N3O4S/c1-22-21-24(23-12-14-2-4-17-19(10-14)27-8-6-25-17)16(13-29-21)15-3-5-18-20(11-15)28-9-7-26-18/h2-5,10-13H,6-9H2,1H3/b22-21?,23-12-. The van der Waals surface area contributed by atoms with Crippen LogP contribution in [0.5, 0.6) is 23.0 Å². The first-order valence-electron chi connectivity index (χ1n) is 9.29. The maximum absolute atomic E-state index is 5.72. The highest BCUT2D eigenvalue weighted by Crippen LogP contribution is 2.35. The molecule has 8 heteroatoms. The Morgan fingerprint density at radius 3 is 2.24 bits per heavy atom. The zero-order valence-corrected chi connectivity index (χ0v) is 16.6. The van der Waals surface area contributed by atoms with E-state index < -0.39 is 0 Å². The van der Waals surface area contributed by atoms with Crippen LogP contribution in [0, 0.1) is 0 Å². The molecule has 0 saturated heterocycles. The second kappa shape index (κ2) is 7.63. The van der Waals surface area contributed by atoms with Gasteiger partial charge in [-0.1, -0.05) is 0 Å². The Bertz CT molecular complexity index is 1150. The second-order valence-electron chi connectivity index (χ2n) is 6.45. The van der Waals surface area contributed by atoms with Crippen LogP contribution in [0.4, 0.5) is 0 Å². The number of rotatable bonds is 3. The van der Waals surface area contributed by atoms with E-state index in [4.69, 9.17) is 18.9 Å². The van der Waals surface area contributed by atoms with Gasteiger partial charge in [-0.25, -0.2) is 4.68 Å². The lowest BCUT2D eigenvalue weighted by atomic mass is 10.1. The average molecular weight is 409 g/mol. The summed E-state index contributed by atoms with van der Waals surface area (Å²) in [6.45, 7) is 2.26. The lowest BCUT2D eigenvalue weighted by Crippen LogP contribution is -2.16. The highest BCUT2D eigenvalue weighted by atomic mass is 32.1. The lowest BCUT2D eigenvalue weighted by molar-refractivity contribution is 0.171. The van der Waals surface area contributed by atoms with Crippen LogP contribution in [0.2, 0.25) is 0 Å². The molecular weight excluding hydrogens is 390 g/mol. The van der Waals surface area contributed by atoms with Gasteiger partial charge in [0.15, 0.2) is 23.0 Å². The molecule has 0 spiro atoms. The normalized spacial score (nSPS) is 15.7. The van der Waals surface area contributed by atoms with Crippen LogP contribution in [-0.4, -0.2) is 44.4 Å². The molecule has 0 N–H and O–H groups in total. The van der Waals surface area contributed by atoms with Gasteiger partial charge in [0.1, 0.15) is 26.4 Å². The molecule has 7 nitrogen and oxygen atoms in total. The lowest BCUT2D eigenvalue weighted by Gasteiger charge is -2.19. The highest BCUT2D eigenvalue weighted by Gasteiger charge is 2.15. The molecule has 1 aromatic heterocycles. The predicted octanol–water partition coefficient (Wildman–Crippen LogP) is 3.17. The first-order chi connectivity index (χ1) is 14.3. The van der Waals surface area contributed by atoms with Crippen molar-refractivity contribution in [3.63, 3.8) is 0 Å². The first kappa shape index (κ1) is 17.8. The van der Waals surface area contributed by atoms with E-state index in [1.807, 2.05) is 46.5 Å². The molecule has 2 aliphatic rings. The van der Waals surface area contributed by atoms with Crippen molar-refractivity contribution in [3.05, 3.63) is 52.1 Å². The van der Waals surface area contributed by atoms with Gasteiger partial charge in [-0.15, -0.1) is 11.3 Å². The summed E-state index contributed by atoms with van der Waals surface area (Å²) >= 11 is 1.53. The van der Waals surface area contributed by atoms with E-state index >= 15 is 0 Å². The summed E-state index contributed by atoms with van der Waals surface area (Å²) in [5.74, 6) is 3.01. The third kappa shape index (κ3) is 3.47. The predicted molar refractivity (Wildman–Crippen MR) is 111 cm³/mol. The van der Waals surface area contributed by atoms with E-state index in [1.165, 1.54) is 11.3 Å². The maximum Gasteiger partial charge on any atom is 0.205 e. The molecule has 0 saturated carbocycles. The summed E-state index contributed by atoms with van der Waals surface area (Å²) in [5, 5.41) is 6.72. The van der Waals surface area contributed by atoms with Crippen molar-refractivity contribution in [3.8, 4) is 34.3 Å². The molecule has 0 amide bonds. The smallest absolute Gasteiger partial charge is 0.205 e. The minimum absolute atomic E-state index is 0.553. The van der Waals surface area contributed by atoms with Crippen LogP contribution in [0.3, 0.4) is 0 Å². The number of fused-ring (bicyclic) bond motifs is 2. The van der Waals surface area contributed by atoms with Gasteiger partial charge in [0.2, 0.25) is 4.80 Å². The van der Waals surface area contributed by atoms with Crippen molar-refractivity contribution in [1.82, 2.24) is 4.68 Å². The Morgan fingerprint density at radius 1 is 0.862 bits per heavy atom. The Hall–Kier alpha value is -3.26. The van der Waals surface area contributed by atoms with E-state index in [0.717, 1.165) is 44.6 Å². The molecule has 0 fully saturated rings. The molecule has 0 aliphatic carbocycles. The molecule has 5 rings (SSSR count). The third-order valence-electron chi connectivity index (χ3n) is 4.60. The summed E-state index contributed by atoms with van der Waals surface area (Å²) in [5.41, 5.74) is 2.84. The number of benzene rings is 2. The second-order valence-corrected chi connectivity index (χ2v) is 7.28. The van der Waals surface area contributed by atoms with Crippen LogP contribution >= 0.6 is 11.3 Å². The van der Waals surface area contributed by atoms with Crippen LogP contribution in [0.15, 0.2) is 51.9 Å². The number of hydrogen-bond acceptors (Lipinski definition) is 7. The molecule has 0 unspecified atom stereocenters. The number of nitrogens with zero attached hydrogens (tertiary/aromatic N) is 3.